The smallest absolute Gasteiger partial charge is 0.184 e. The number of hydrogen-bond acceptors (Lipinski definition) is 3. The maximum absolute atomic E-state index is 11.8. The Morgan fingerprint density at radius 1 is 1.38 bits per heavy atom. The number of nitrogens with one attached hydrogen (secondary N) is 1. The molecule has 0 radical (unpaired) electrons. The molecule has 0 unspecified atom stereocenters. The number of ketones is 1. The highest BCUT2D eigenvalue weighted by molar-refractivity contribution is 5.96. The monoisotopic (exact) mass is 223 g/mol. The Kier molecular flexibility index (Phi) is 4.55. The summed E-state index contributed by atoms with van der Waals surface area (Å²) >= 11 is 0. The molecule has 0 aromatic heterocycles. The van der Waals surface area contributed by atoms with E-state index in [1.807, 2.05) is 0 Å². The van der Waals surface area contributed by atoms with Crippen LogP contribution in [0, 0.1) is 0 Å². The first-order chi connectivity index (χ1) is 7.86. The molecule has 1 N–H and O–H groups in total. The number of carbonyl (C=O) groups is 1. The predicted octanol–water partition coefficient (Wildman–Crippen LogP) is 1.82. The summed E-state index contributed by atoms with van der Waals surface area (Å²) in [5.74, 6) is 0.207. The Labute approximate surface area is 97.2 Å². The van der Waals surface area contributed by atoms with Crippen molar-refractivity contribution in [3.63, 3.8) is 0 Å². The van der Waals surface area contributed by atoms with Crippen molar-refractivity contribution in [2.75, 3.05) is 19.7 Å². The second kappa shape index (κ2) is 6.16. The lowest BCUT2D eigenvalue weighted by Crippen LogP contribution is -2.33. The van der Waals surface area contributed by atoms with E-state index in [1.54, 1.807) is 0 Å². The molecule has 0 aromatic carbocycles. The quantitative estimate of drug-likeness (QED) is 0.790. The van der Waals surface area contributed by atoms with E-state index in [0.29, 0.717) is 0 Å². The fourth-order valence-electron chi connectivity index (χ4n) is 2.34. The van der Waals surface area contributed by atoms with Crippen LogP contribution in [0.1, 0.15) is 38.5 Å². The molecule has 2 aliphatic rings. The lowest BCUT2D eigenvalue weighted by atomic mass is 9.97. The van der Waals surface area contributed by atoms with Crippen molar-refractivity contribution in [2.24, 2.45) is 0 Å². The number of allylic oxidation sites excluding steroid dienone is 1. The number of piperidine rings is 1. The van der Waals surface area contributed by atoms with Crippen molar-refractivity contribution in [3.05, 3.63) is 11.6 Å². The normalized spacial score (nSPS) is 22.9. The fourth-order valence-corrected chi connectivity index (χ4v) is 2.34. The van der Waals surface area contributed by atoms with Gasteiger partial charge >= 0.3 is 0 Å². The molecular weight excluding hydrogens is 202 g/mol. The minimum atomic E-state index is 0.207. The summed E-state index contributed by atoms with van der Waals surface area (Å²) in [6, 6.07) is 0. The van der Waals surface area contributed by atoms with Gasteiger partial charge in [0.15, 0.2) is 5.78 Å². The van der Waals surface area contributed by atoms with Crippen molar-refractivity contribution < 1.29 is 9.53 Å². The summed E-state index contributed by atoms with van der Waals surface area (Å²) in [6.07, 6.45) is 8.85. The molecule has 1 fully saturated rings. The van der Waals surface area contributed by atoms with Gasteiger partial charge < -0.3 is 10.1 Å². The Hall–Kier alpha value is -0.670. The molecule has 3 nitrogen and oxygen atoms in total. The van der Waals surface area contributed by atoms with Crippen LogP contribution in [0.2, 0.25) is 0 Å². The molecule has 3 heteroatoms. The van der Waals surface area contributed by atoms with E-state index >= 15 is 0 Å². The zero-order valence-electron chi connectivity index (χ0n) is 9.84. The van der Waals surface area contributed by atoms with E-state index in [4.69, 9.17) is 4.74 Å². The average molecular weight is 223 g/mol. The lowest BCUT2D eigenvalue weighted by molar-refractivity contribution is -0.122. The molecule has 0 aromatic rings. The van der Waals surface area contributed by atoms with Crippen molar-refractivity contribution >= 4 is 5.78 Å². The Bertz CT molecular complexity index is 267. The summed E-state index contributed by atoms with van der Waals surface area (Å²) in [7, 11) is 0. The van der Waals surface area contributed by atoms with Crippen LogP contribution in [0.25, 0.3) is 0 Å². The van der Waals surface area contributed by atoms with Gasteiger partial charge in [0.05, 0.1) is 6.10 Å². The molecule has 0 bridgehead atoms. The van der Waals surface area contributed by atoms with Gasteiger partial charge in [0.2, 0.25) is 0 Å². The van der Waals surface area contributed by atoms with Gasteiger partial charge in [-0.1, -0.05) is 6.08 Å². The third-order valence-electron chi connectivity index (χ3n) is 3.39. The zero-order valence-corrected chi connectivity index (χ0v) is 9.84. The molecule has 1 aliphatic carbocycles. The summed E-state index contributed by atoms with van der Waals surface area (Å²) in [6.45, 7) is 2.32. The van der Waals surface area contributed by atoms with E-state index in [9.17, 15) is 4.79 Å². The van der Waals surface area contributed by atoms with E-state index < -0.39 is 0 Å². The number of rotatable bonds is 4. The minimum Gasteiger partial charge on any atom is -0.370 e. The SMILES string of the molecule is O=C(COC1CCNCC1)C1=CCCCC1. The largest absolute Gasteiger partial charge is 0.370 e. The molecule has 16 heavy (non-hydrogen) atoms. The van der Waals surface area contributed by atoms with Gasteiger partial charge in [-0.05, 0) is 57.2 Å². The van der Waals surface area contributed by atoms with Crippen molar-refractivity contribution in [2.45, 2.75) is 44.6 Å². The first-order valence-electron chi connectivity index (χ1n) is 6.41. The van der Waals surface area contributed by atoms with E-state index in [1.165, 1.54) is 6.42 Å². The average Bonchev–Trinajstić information content (AvgIpc) is 2.38. The first kappa shape index (κ1) is 11.8. The van der Waals surface area contributed by atoms with Crippen LogP contribution in [0.4, 0.5) is 0 Å². The predicted molar refractivity (Wildman–Crippen MR) is 63.4 cm³/mol. The Morgan fingerprint density at radius 3 is 2.88 bits per heavy atom. The molecule has 0 amide bonds. The molecule has 90 valence electrons. The molecule has 0 spiro atoms. The summed E-state index contributed by atoms with van der Waals surface area (Å²) < 4.78 is 5.67. The van der Waals surface area contributed by atoms with Crippen LogP contribution in [0.15, 0.2) is 11.6 Å². The topological polar surface area (TPSA) is 38.3 Å². The zero-order chi connectivity index (χ0) is 11.2. The van der Waals surface area contributed by atoms with Gasteiger partial charge in [0.25, 0.3) is 0 Å². The van der Waals surface area contributed by atoms with Gasteiger partial charge in [0, 0.05) is 0 Å². The Balaban J connectivity index is 1.72. The van der Waals surface area contributed by atoms with Crippen LogP contribution < -0.4 is 5.32 Å². The van der Waals surface area contributed by atoms with E-state index in [-0.39, 0.29) is 18.5 Å². The third kappa shape index (κ3) is 3.42. The minimum absolute atomic E-state index is 0.207. The maximum atomic E-state index is 11.8. The van der Waals surface area contributed by atoms with Crippen molar-refractivity contribution in [1.82, 2.24) is 5.32 Å². The Morgan fingerprint density at radius 2 is 2.19 bits per heavy atom. The third-order valence-corrected chi connectivity index (χ3v) is 3.39. The fraction of sp³-hybridized carbons (Fsp3) is 0.769. The van der Waals surface area contributed by atoms with E-state index in [2.05, 4.69) is 11.4 Å². The number of Topliss-reactive ketones (excluding diaryl/α,β-unsaturated/α-hetero) is 1. The molecule has 1 aliphatic heterocycles. The van der Waals surface area contributed by atoms with Gasteiger partial charge in [0.1, 0.15) is 6.61 Å². The molecular formula is C13H21NO2. The van der Waals surface area contributed by atoms with Crippen LogP contribution in [-0.4, -0.2) is 31.6 Å². The van der Waals surface area contributed by atoms with Crippen LogP contribution >= 0.6 is 0 Å². The molecule has 1 saturated heterocycles. The van der Waals surface area contributed by atoms with Crippen LogP contribution in [-0.2, 0) is 9.53 Å². The standard InChI is InChI=1S/C13H21NO2/c15-13(11-4-2-1-3-5-11)10-16-12-6-8-14-9-7-12/h4,12,14H,1-3,5-10H2. The highest BCUT2D eigenvalue weighted by atomic mass is 16.5. The van der Waals surface area contributed by atoms with Gasteiger partial charge in [-0.25, -0.2) is 0 Å². The summed E-state index contributed by atoms with van der Waals surface area (Å²) in [5.41, 5.74) is 1.00. The van der Waals surface area contributed by atoms with Gasteiger partial charge in [-0.2, -0.15) is 0 Å². The van der Waals surface area contributed by atoms with Crippen LogP contribution in [0.3, 0.4) is 0 Å². The first-order valence-corrected chi connectivity index (χ1v) is 6.41. The van der Waals surface area contributed by atoms with Gasteiger partial charge in [-0.3, -0.25) is 4.79 Å². The van der Waals surface area contributed by atoms with Crippen molar-refractivity contribution in [1.29, 1.82) is 0 Å². The van der Waals surface area contributed by atoms with E-state index in [0.717, 1.165) is 50.8 Å². The lowest BCUT2D eigenvalue weighted by Gasteiger charge is -2.23. The number of carbonyl (C=O) groups excluding carboxylic acids is 1. The molecule has 1 heterocycles. The number of ether oxygens (including phenoxy) is 1. The molecule has 0 atom stereocenters. The molecule has 0 saturated carbocycles. The molecule has 2 rings (SSSR count). The highest BCUT2D eigenvalue weighted by Gasteiger charge is 2.17. The summed E-state index contributed by atoms with van der Waals surface area (Å²) in [4.78, 5) is 11.8. The second-order valence-corrected chi connectivity index (χ2v) is 4.66. The number of hydrogen-bond donors (Lipinski definition) is 1. The van der Waals surface area contributed by atoms with Crippen LogP contribution in [0.5, 0.6) is 0 Å². The van der Waals surface area contributed by atoms with Crippen molar-refractivity contribution in [3.8, 4) is 0 Å². The summed E-state index contributed by atoms with van der Waals surface area (Å²) in [5, 5.41) is 3.29. The second-order valence-electron chi connectivity index (χ2n) is 4.66. The van der Waals surface area contributed by atoms with Gasteiger partial charge in [-0.15, -0.1) is 0 Å². The highest BCUT2D eigenvalue weighted by Crippen LogP contribution is 2.18. The maximum Gasteiger partial charge on any atom is 0.184 e.